The highest BCUT2D eigenvalue weighted by Gasteiger charge is 2.31. The van der Waals surface area contributed by atoms with E-state index < -0.39 is 6.10 Å². The topological polar surface area (TPSA) is 71.1 Å². The van der Waals surface area contributed by atoms with Crippen molar-refractivity contribution in [3.63, 3.8) is 0 Å². The number of nitrogens with zero attached hydrogens (tertiary/aromatic N) is 2. The predicted octanol–water partition coefficient (Wildman–Crippen LogP) is -0.395. The van der Waals surface area contributed by atoms with Crippen molar-refractivity contribution in [2.24, 2.45) is 0 Å². The Bertz CT molecular complexity index is 420. The van der Waals surface area contributed by atoms with Crippen LogP contribution < -0.4 is 5.32 Å². The Kier molecular flexibility index (Phi) is 5.85. The van der Waals surface area contributed by atoms with Crippen LogP contribution in [0.2, 0.25) is 0 Å². The molecule has 1 atom stereocenters. The predicted molar refractivity (Wildman–Crippen MR) is 84.0 cm³/mol. The van der Waals surface area contributed by atoms with Gasteiger partial charge in [-0.05, 0) is 12.8 Å². The summed E-state index contributed by atoms with van der Waals surface area (Å²) in [5.41, 5.74) is 0. The van der Waals surface area contributed by atoms with Crippen LogP contribution in [0.4, 0.5) is 0 Å². The second kappa shape index (κ2) is 8.08. The van der Waals surface area contributed by atoms with Gasteiger partial charge in [-0.15, -0.1) is 0 Å². The molecule has 1 saturated carbocycles. The van der Waals surface area contributed by atoms with Gasteiger partial charge >= 0.3 is 0 Å². The molecule has 0 aromatic rings. The van der Waals surface area contributed by atoms with E-state index in [1.807, 2.05) is 4.90 Å². The minimum Gasteiger partial charge on any atom is -0.378 e. The monoisotopic (exact) mass is 325 g/mol. The number of carbonyl (C=O) groups is 2. The average molecular weight is 325 g/mol. The third-order valence-electron chi connectivity index (χ3n) is 4.84. The van der Waals surface area contributed by atoms with E-state index in [0.29, 0.717) is 58.6 Å². The van der Waals surface area contributed by atoms with Crippen LogP contribution in [-0.4, -0.2) is 86.3 Å². The van der Waals surface area contributed by atoms with Crippen molar-refractivity contribution in [1.29, 1.82) is 0 Å². The van der Waals surface area contributed by atoms with Crippen molar-refractivity contribution in [2.75, 3.05) is 52.5 Å². The Balaban J connectivity index is 1.45. The number of rotatable bonds is 4. The van der Waals surface area contributed by atoms with Gasteiger partial charge in [0, 0.05) is 32.2 Å². The summed E-state index contributed by atoms with van der Waals surface area (Å²) in [6.07, 6.45) is 4.14. The molecule has 2 aliphatic heterocycles. The highest BCUT2D eigenvalue weighted by molar-refractivity contribution is 5.82. The van der Waals surface area contributed by atoms with E-state index in [4.69, 9.17) is 9.47 Å². The van der Waals surface area contributed by atoms with Gasteiger partial charge in [-0.25, -0.2) is 0 Å². The SMILES string of the molecule is O=C(CN1CCOC(C(=O)N2CCOCC2)C1)NC1CCCC1. The van der Waals surface area contributed by atoms with Gasteiger partial charge in [-0.1, -0.05) is 12.8 Å². The molecule has 1 N–H and O–H groups in total. The van der Waals surface area contributed by atoms with E-state index in [2.05, 4.69) is 5.32 Å². The molecule has 2 saturated heterocycles. The molecule has 2 amide bonds. The number of morpholine rings is 2. The van der Waals surface area contributed by atoms with Gasteiger partial charge in [-0.2, -0.15) is 0 Å². The molecule has 23 heavy (non-hydrogen) atoms. The third kappa shape index (κ3) is 4.65. The largest absolute Gasteiger partial charge is 0.378 e. The normalized spacial score (nSPS) is 27.1. The second-order valence-electron chi connectivity index (χ2n) is 6.58. The Hall–Kier alpha value is -1.18. The van der Waals surface area contributed by atoms with Crippen LogP contribution >= 0.6 is 0 Å². The lowest BCUT2D eigenvalue weighted by molar-refractivity contribution is -0.154. The molecule has 0 bridgehead atoms. The van der Waals surface area contributed by atoms with E-state index in [9.17, 15) is 9.59 Å². The summed E-state index contributed by atoms with van der Waals surface area (Å²) in [6, 6.07) is 0.342. The summed E-state index contributed by atoms with van der Waals surface area (Å²) < 4.78 is 10.9. The number of nitrogens with one attached hydrogen (secondary N) is 1. The zero-order valence-corrected chi connectivity index (χ0v) is 13.7. The van der Waals surface area contributed by atoms with Gasteiger partial charge in [-0.3, -0.25) is 14.5 Å². The fraction of sp³-hybridized carbons (Fsp3) is 0.875. The smallest absolute Gasteiger partial charge is 0.253 e. The number of ether oxygens (including phenoxy) is 2. The average Bonchev–Trinajstić information content (AvgIpc) is 3.08. The molecule has 7 heteroatoms. The first-order valence-corrected chi connectivity index (χ1v) is 8.72. The van der Waals surface area contributed by atoms with Gasteiger partial charge in [0.15, 0.2) is 0 Å². The summed E-state index contributed by atoms with van der Waals surface area (Å²) in [4.78, 5) is 28.4. The maximum absolute atomic E-state index is 12.5. The Morgan fingerprint density at radius 1 is 1.04 bits per heavy atom. The van der Waals surface area contributed by atoms with Crippen LogP contribution in [0.5, 0.6) is 0 Å². The molecule has 1 aliphatic carbocycles. The Labute approximate surface area is 137 Å². The van der Waals surface area contributed by atoms with Crippen LogP contribution in [0.1, 0.15) is 25.7 Å². The third-order valence-corrected chi connectivity index (χ3v) is 4.84. The highest BCUT2D eigenvalue weighted by Crippen LogP contribution is 2.17. The van der Waals surface area contributed by atoms with Gasteiger partial charge in [0.05, 0.1) is 26.4 Å². The van der Waals surface area contributed by atoms with Crippen molar-refractivity contribution in [3.05, 3.63) is 0 Å². The zero-order valence-electron chi connectivity index (χ0n) is 13.7. The molecule has 3 fully saturated rings. The lowest BCUT2D eigenvalue weighted by Gasteiger charge is -2.35. The maximum Gasteiger partial charge on any atom is 0.253 e. The second-order valence-corrected chi connectivity index (χ2v) is 6.58. The summed E-state index contributed by atoms with van der Waals surface area (Å²) in [6.45, 7) is 4.48. The first-order valence-electron chi connectivity index (χ1n) is 8.72. The minimum atomic E-state index is -0.457. The Morgan fingerprint density at radius 3 is 2.52 bits per heavy atom. The van der Waals surface area contributed by atoms with Crippen LogP contribution in [-0.2, 0) is 19.1 Å². The molecular formula is C16H27N3O4. The van der Waals surface area contributed by atoms with Gasteiger partial charge in [0.2, 0.25) is 5.91 Å². The molecule has 0 spiro atoms. The standard InChI is InChI=1S/C16H27N3O4/c20-15(17-13-3-1-2-4-13)12-18-5-10-23-14(11-18)16(21)19-6-8-22-9-7-19/h13-14H,1-12H2,(H,17,20). The molecule has 1 unspecified atom stereocenters. The van der Waals surface area contributed by atoms with Crippen molar-refractivity contribution in [3.8, 4) is 0 Å². The molecule has 130 valence electrons. The number of carbonyl (C=O) groups excluding carboxylic acids is 2. The summed E-state index contributed by atoms with van der Waals surface area (Å²) in [7, 11) is 0. The van der Waals surface area contributed by atoms with Crippen molar-refractivity contribution in [2.45, 2.75) is 37.8 Å². The molecule has 0 aromatic heterocycles. The lowest BCUT2D eigenvalue weighted by Crippen LogP contribution is -2.54. The first kappa shape index (κ1) is 16.7. The minimum absolute atomic E-state index is 0.0224. The first-order chi connectivity index (χ1) is 11.2. The number of hydrogen-bond donors (Lipinski definition) is 1. The molecule has 7 nitrogen and oxygen atoms in total. The molecule has 3 rings (SSSR count). The van der Waals surface area contributed by atoms with Crippen LogP contribution in [0.15, 0.2) is 0 Å². The van der Waals surface area contributed by atoms with Crippen molar-refractivity contribution in [1.82, 2.24) is 15.1 Å². The van der Waals surface area contributed by atoms with E-state index in [1.165, 1.54) is 12.8 Å². The summed E-state index contributed by atoms with van der Waals surface area (Å²) >= 11 is 0. The van der Waals surface area contributed by atoms with E-state index in [-0.39, 0.29) is 11.8 Å². The molecule has 2 heterocycles. The number of amides is 2. The zero-order chi connectivity index (χ0) is 16.1. The van der Waals surface area contributed by atoms with Crippen LogP contribution in [0.25, 0.3) is 0 Å². The summed E-state index contributed by atoms with van der Waals surface area (Å²) in [5, 5.41) is 3.10. The van der Waals surface area contributed by atoms with Gasteiger partial charge in [0.25, 0.3) is 5.91 Å². The van der Waals surface area contributed by atoms with E-state index >= 15 is 0 Å². The fourth-order valence-corrected chi connectivity index (χ4v) is 3.53. The molecular weight excluding hydrogens is 298 g/mol. The molecule has 3 aliphatic rings. The molecule has 0 radical (unpaired) electrons. The number of hydrogen-bond acceptors (Lipinski definition) is 5. The van der Waals surface area contributed by atoms with E-state index in [1.54, 1.807) is 4.90 Å². The molecule has 0 aromatic carbocycles. The van der Waals surface area contributed by atoms with Crippen LogP contribution in [0, 0.1) is 0 Å². The maximum atomic E-state index is 12.5. The lowest BCUT2D eigenvalue weighted by atomic mass is 10.2. The quantitative estimate of drug-likeness (QED) is 0.762. The van der Waals surface area contributed by atoms with Gasteiger partial charge in [0.1, 0.15) is 6.10 Å². The van der Waals surface area contributed by atoms with Gasteiger partial charge < -0.3 is 19.7 Å². The Morgan fingerprint density at radius 2 is 1.78 bits per heavy atom. The van der Waals surface area contributed by atoms with Crippen LogP contribution in [0.3, 0.4) is 0 Å². The fourth-order valence-electron chi connectivity index (χ4n) is 3.53. The highest BCUT2D eigenvalue weighted by atomic mass is 16.5. The van der Waals surface area contributed by atoms with E-state index in [0.717, 1.165) is 12.8 Å². The summed E-state index contributed by atoms with van der Waals surface area (Å²) in [5.74, 6) is 0.0885. The van der Waals surface area contributed by atoms with Crippen molar-refractivity contribution >= 4 is 11.8 Å². The van der Waals surface area contributed by atoms with Crippen molar-refractivity contribution < 1.29 is 19.1 Å².